The van der Waals surface area contributed by atoms with Gasteiger partial charge >= 0.3 is 0 Å². The van der Waals surface area contributed by atoms with E-state index < -0.39 is 10.0 Å². The van der Waals surface area contributed by atoms with Crippen LogP contribution in [-0.2, 0) is 10.0 Å². The summed E-state index contributed by atoms with van der Waals surface area (Å²) in [5.41, 5.74) is 2.00. The summed E-state index contributed by atoms with van der Waals surface area (Å²) in [6.07, 6.45) is 0. The molecular weight excluding hydrogens is 426 g/mol. The van der Waals surface area contributed by atoms with Gasteiger partial charge in [0.2, 0.25) is 10.0 Å². The van der Waals surface area contributed by atoms with Gasteiger partial charge in [0.05, 0.1) is 12.0 Å². The summed E-state index contributed by atoms with van der Waals surface area (Å²) in [5, 5.41) is 0.517. The first-order chi connectivity index (χ1) is 13.9. The zero-order valence-corrected chi connectivity index (χ0v) is 18.5. The van der Waals surface area contributed by atoms with Crippen LogP contribution in [0.15, 0.2) is 82.6 Å². The number of aryl methyl sites for hydroxylation is 1. The van der Waals surface area contributed by atoms with Gasteiger partial charge in [-0.1, -0.05) is 41.4 Å². The lowest BCUT2D eigenvalue weighted by molar-refractivity contribution is 0.414. The predicted octanol–water partition coefficient (Wildman–Crippen LogP) is 5.47. The first-order valence-corrected chi connectivity index (χ1v) is 11.7. The van der Waals surface area contributed by atoms with Crippen LogP contribution in [0.1, 0.15) is 16.4 Å². The third-order valence-corrected chi connectivity index (χ3v) is 7.33. The molecule has 0 amide bonds. The normalized spacial score (nSPS) is 12.5. The van der Waals surface area contributed by atoms with Gasteiger partial charge in [-0.2, -0.15) is 0 Å². The summed E-state index contributed by atoms with van der Waals surface area (Å²) < 4.78 is 33.4. The highest BCUT2D eigenvalue weighted by Crippen LogP contribution is 2.36. The Morgan fingerprint density at radius 2 is 1.59 bits per heavy atom. The zero-order chi connectivity index (χ0) is 20.9. The summed E-state index contributed by atoms with van der Waals surface area (Å²) in [6, 6.07) is 22.0. The summed E-state index contributed by atoms with van der Waals surface area (Å²) in [4.78, 5) is 1.27. The van der Waals surface area contributed by atoms with Crippen molar-refractivity contribution in [2.24, 2.45) is 0 Å². The van der Waals surface area contributed by atoms with Crippen molar-refractivity contribution in [1.29, 1.82) is 0 Å². The first-order valence-electron chi connectivity index (χ1n) is 9.00. The fourth-order valence-electron chi connectivity index (χ4n) is 2.71. The average molecular weight is 448 g/mol. The molecule has 0 aliphatic rings. The molecule has 0 spiro atoms. The maximum atomic E-state index is 12.7. The van der Waals surface area contributed by atoms with E-state index >= 15 is 0 Å². The van der Waals surface area contributed by atoms with Crippen LogP contribution in [-0.4, -0.2) is 22.1 Å². The van der Waals surface area contributed by atoms with Gasteiger partial charge in [-0.05, 0) is 61.0 Å². The third-order valence-electron chi connectivity index (χ3n) is 4.37. The van der Waals surface area contributed by atoms with Gasteiger partial charge < -0.3 is 4.74 Å². The topological polar surface area (TPSA) is 55.4 Å². The summed E-state index contributed by atoms with van der Waals surface area (Å²) >= 11 is 7.60. The van der Waals surface area contributed by atoms with E-state index in [4.69, 9.17) is 16.3 Å². The van der Waals surface area contributed by atoms with Gasteiger partial charge in [0.1, 0.15) is 5.75 Å². The summed E-state index contributed by atoms with van der Waals surface area (Å²) in [5.74, 6) is 0.775. The minimum Gasteiger partial charge on any atom is -0.497 e. The Labute approximate surface area is 181 Å². The van der Waals surface area contributed by atoms with Crippen molar-refractivity contribution in [3.63, 3.8) is 0 Å². The number of ether oxygens (including phenoxy) is 1. The highest BCUT2D eigenvalue weighted by Gasteiger charge is 2.19. The molecule has 29 heavy (non-hydrogen) atoms. The Kier molecular flexibility index (Phi) is 7.24. The largest absolute Gasteiger partial charge is 0.497 e. The molecule has 0 saturated heterocycles. The Bertz CT molecular complexity index is 1030. The summed E-state index contributed by atoms with van der Waals surface area (Å²) in [6.45, 7) is 2.17. The number of methoxy groups -OCH3 is 1. The molecule has 0 bridgehead atoms. The smallest absolute Gasteiger partial charge is 0.240 e. The quantitative estimate of drug-likeness (QED) is 0.465. The number of rotatable bonds is 8. The van der Waals surface area contributed by atoms with E-state index in [9.17, 15) is 8.42 Å². The molecule has 3 rings (SSSR count). The molecule has 0 radical (unpaired) electrons. The standard InChI is InChI=1S/C22H22ClNO3S2/c1-16-3-13-21(14-4-16)29(25,26)24-15-22(17-5-7-18(23)8-6-17)28-20-11-9-19(27-2)10-12-20/h3-14,22,24H,15H2,1-2H3. The van der Waals surface area contributed by atoms with E-state index in [-0.39, 0.29) is 16.7 Å². The second kappa shape index (κ2) is 9.67. The van der Waals surface area contributed by atoms with Crippen LogP contribution < -0.4 is 9.46 Å². The number of nitrogens with one attached hydrogen (secondary N) is 1. The maximum absolute atomic E-state index is 12.7. The molecular formula is C22H22ClNO3S2. The molecule has 4 nitrogen and oxygen atoms in total. The SMILES string of the molecule is COc1ccc(SC(CNS(=O)(=O)c2ccc(C)cc2)c2ccc(Cl)cc2)cc1. The van der Waals surface area contributed by atoms with Crippen molar-refractivity contribution < 1.29 is 13.2 Å². The van der Waals surface area contributed by atoms with Crippen LogP contribution in [0.3, 0.4) is 0 Å². The van der Waals surface area contributed by atoms with Crippen molar-refractivity contribution in [3.8, 4) is 5.75 Å². The number of halogens is 1. The van der Waals surface area contributed by atoms with E-state index in [0.717, 1.165) is 21.8 Å². The van der Waals surface area contributed by atoms with E-state index in [2.05, 4.69) is 4.72 Å². The van der Waals surface area contributed by atoms with E-state index in [1.54, 1.807) is 43.1 Å². The summed E-state index contributed by atoms with van der Waals surface area (Å²) in [7, 11) is -1.98. The maximum Gasteiger partial charge on any atom is 0.240 e. The van der Waals surface area contributed by atoms with Gasteiger partial charge in [0.25, 0.3) is 0 Å². The molecule has 0 aliphatic heterocycles. The average Bonchev–Trinajstić information content (AvgIpc) is 2.72. The Morgan fingerprint density at radius 1 is 0.966 bits per heavy atom. The fourth-order valence-corrected chi connectivity index (χ4v) is 5.07. The highest BCUT2D eigenvalue weighted by atomic mass is 35.5. The third kappa shape index (κ3) is 6.00. The molecule has 0 fully saturated rings. The Hall–Kier alpha value is -1.99. The van der Waals surface area contributed by atoms with Crippen molar-refractivity contribution in [2.45, 2.75) is 22.0 Å². The molecule has 0 heterocycles. The van der Waals surface area contributed by atoms with Crippen LogP contribution in [0.5, 0.6) is 5.75 Å². The Balaban J connectivity index is 1.80. The van der Waals surface area contributed by atoms with Gasteiger partial charge in [-0.15, -0.1) is 11.8 Å². The number of thioether (sulfide) groups is 1. The molecule has 1 N–H and O–H groups in total. The highest BCUT2D eigenvalue weighted by molar-refractivity contribution is 7.99. The predicted molar refractivity (Wildman–Crippen MR) is 119 cm³/mol. The van der Waals surface area contributed by atoms with Gasteiger partial charge in [-0.3, -0.25) is 0 Å². The molecule has 0 saturated carbocycles. The van der Waals surface area contributed by atoms with Crippen LogP contribution >= 0.6 is 23.4 Å². The minimum atomic E-state index is -3.60. The zero-order valence-electron chi connectivity index (χ0n) is 16.1. The number of benzene rings is 3. The number of hydrogen-bond acceptors (Lipinski definition) is 4. The van der Waals surface area contributed by atoms with Gasteiger partial charge in [-0.25, -0.2) is 13.1 Å². The second-order valence-corrected chi connectivity index (χ2v) is 9.98. The van der Waals surface area contributed by atoms with Gasteiger partial charge in [0, 0.05) is 21.7 Å². The van der Waals surface area contributed by atoms with Crippen LogP contribution in [0, 0.1) is 6.92 Å². The second-order valence-electron chi connectivity index (χ2n) is 6.50. The van der Waals surface area contributed by atoms with Crippen molar-refractivity contribution in [1.82, 2.24) is 4.72 Å². The number of hydrogen-bond donors (Lipinski definition) is 1. The van der Waals surface area contributed by atoms with E-state index in [1.165, 1.54) is 0 Å². The molecule has 3 aromatic carbocycles. The van der Waals surface area contributed by atoms with Crippen LogP contribution in [0.2, 0.25) is 5.02 Å². The van der Waals surface area contributed by atoms with Crippen molar-refractivity contribution in [2.75, 3.05) is 13.7 Å². The first kappa shape index (κ1) is 21.7. The number of sulfonamides is 1. The molecule has 7 heteroatoms. The van der Waals surface area contributed by atoms with Crippen LogP contribution in [0.4, 0.5) is 0 Å². The minimum absolute atomic E-state index is 0.124. The molecule has 0 aliphatic carbocycles. The molecule has 0 aromatic heterocycles. The van der Waals surface area contributed by atoms with Crippen molar-refractivity contribution in [3.05, 3.63) is 88.9 Å². The van der Waals surface area contributed by atoms with E-state index in [1.807, 2.05) is 55.5 Å². The van der Waals surface area contributed by atoms with Crippen molar-refractivity contribution >= 4 is 33.4 Å². The monoisotopic (exact) mass is 447 g/mol. The van der Waals surface area contributed by atoms with Crippen LogP contribution in [0.25, 0.3) is 0 Å². The molecule has 1 atom stereocenters. The Morgan fingerprint density at radius 3 is 2.17 bits per heavy atom. The fraction of sp³-hybridized carbons (Fsp3) is 0.182. The van der Waals surface area contributed by atoms with E-state index in [0.29, 0.717) is 5.02 Å². The lowest BCUT2D eigenvalue weighted by Gasteiger charge is -2.18. The molecule has 1 unspecified atom stereocenters. The molecule has 152 valence electrons. The lowest BCUT2D eigenvalue weighted by atomic mass is 10.1. The molecule has 3 aromatic rings. The lowest BCUT2D eigenvalue weighted by Crippen LogP contribution is -2.27. The van der Waals surface area contributed by atoms with Gasteiger partial charge in [0.15, 0.2) is 0 Å².